The van der Waals surface area contributed by atoms with Gasteiger partial charge in [-0.3, -0.25) is 14.5 Å². The lowest BCUT2D eigenvalue weighted by Gasteiger charge is -2.24. The van der Waals surface area contributed by atoms with Gasteiger partial charge >= 0.3 is 11.9 Å². The van der Waals surface area contributed by atoms with Crippen LogP contribution in [0.2, 0.25) is 0 Å². The molecule has 0 aliphatic carbocycles. The van der Waals surface area contributed by atoms with E-state index in [1.165, 1.54) is 23.8 Å². The zero-order valence-electron chi connectivity index (χ0n) is 13.9. The quantitative estimate of drug-likeness (QED) is 0.513. The van der Waals surface area contributed by atoms with E-state index < -0.39 is 24.3 Å². The summed E-state index contributed by atoms with van der Waals surface area (Å²) < 4.78 is 10.5. The van der Waals surface area contributed by atoms with E-state index in [9.17, 15) is 14.4 Å². The summed E-state index contributed by atoms with van der Waals surface area (Å²) in [5, 5.41) is 0. The van der Waals surface area contributed by atoms with Crippen molar-refractivity contribution in [2.45, 2.75) is 13.3 Å². The molecular formula is C17H18BrNO5S. The van der Waals surface area contributed by atoms with Crippen molar-refractivity contribution in [1.29, 1.82) is 0 Å². The number of halogens is 1. The lowest BCUT2D eigenvalue weighted by molar-refractivity contribution is -0.145. The monoisotopic (exact) mass is 427 g/mol. The highest BCUT2D eigenvalue weighted by molar-refractivity contribution is 9.10. The second kappa shape index (κ2) is 9.05. The summed E-state index contributed by atoms with van der Waals surface area (Å²) in [6, 6.07) is 7.08. The van der Waals surface area contributed by atoms with Crippen molar-refractivity contribution in [2.75, 3.05) is 30.1 Å². The highest BCUT2D eigenvalue weighted by atomic mass is 79.9. The molecule has 134 valence electrons. The zero-order valence-corrected chi connectivity index (χ0v) is 16.3. The minimum atomic E-state index is -0.597. The van der Waals surface area contributed by atoms with Crippen LogP contribution in [0.1, 0.15) is 13.3 Å². The third-order valence-corrected chi connectivity index (χ3v) is 4.97. The van der Waals surface area contributed by atoms with Crippen LogP contribution >= 0.6 is 27.7 Å². The Kier molecular flexibility index (Phi) is 7.07. The molecule has 0 spiro atoms. The molecule has 8 heteroatoms. The Morgan fingerprint density at radius 1 is 1.20 bits per heavy atom. The Bertz CT molecular complexity index is 701. The molecule has 0 fully saturated rings. The van der Waals surface area contributed by atoms with Crippen molar-refractivity contribution in [3.63, 3.8) is 0 Å². The van der Waals surface area contributed by atoms with Crippen molar-refractivity contribution in [2.24, 2.45) is 0 Å². The van der Waals surface area contributed by atoms with Crippen LogP contribution in [0.15, 0.2) is 40.0 Å². The first-order valence-corrected chi connectivity index (χ1v) is 9.55. The average Bonchev–Trinajstić information content (AvgIpc) is 3.05. The van der Waals surface area contributed by atoms with Crippen molar-refractivity contribution >= 4 is 51.2 Å². The number of amides is 1. The maximum absolute atomic E-state index is 12.8. The predicted molar refractivity (Wildman–Crippen MR) is 99.2 cm³/mol. The number of thioether (sulfide) groups is 1. The molecule has 0 saturated heterocycles. The Balaban J connectivity index is 2.42. The van der Waals surface area contributed by atoms with Gasteiger partial charge in [0.15, 0.2) is 0 Å². The molecule has 1 heterocycles. The Labute approximate surface area is 158 Å². The van der Waals surface area contributed by atoms with Crippen LogP contribution in [0.4, 0.5) is 5.69 Å². The highest BCUT2D eigenvalue weighted by Crippen LogP contribution is 2.32. The maximum atomic E-state index is 12.8. The Hall–Kier alpha value is -1.80. The molecule has 0 radical (unpaired) electrons. The van der Waals surface area contributed by atoms with Gasteiger partial charge in [-0.1, -0.05) is 15.9 Å². The summed E-state index contributed by atoms with van der Waals surface area (Å²) in [7, 11) is 1.31. The van der Waals surface area contributed by atoms with E-state index in [1.54, 1.807) is 31.2 Å². The molecule has 0 atom stereocenters. The van der Waals surface area contributed by atoms with Crippen LogP contribution in [0, 0.1) is 0 Å². The van der Waals surface area contributed by atoms with Gasteiger partial charge in [-0.05, 0) is 31.2 Å². The summed E-state index contributed by atoms with van der Waals surface area (Å²) in [6.07, 6.45) is -0.396. The summed E-state index contributed by atoms with van der Waals surface area (Å²) in [5.74, 6) is -0.567. The van der Waals surface area contributed by atoms with E-state index in [0.717, 1.165) is 4.47 Å². The Morgan fingerprint density at radius 3 is 2.48 bits per heavy atom. The summed E-state index contributed by atoms with van der Waals surface area (Å²) in [6.45, 7) is 1.89. The van der Waals surface area contributed by atoms with E-state index in [-0.39, 0.29) is 6.61 Å². The number of hydrogen-bond acceptors (Lipinski definition) is 6. The number of hydrogen-bond donors (Lipinski definition) is 0. The number of methoxy groups -OCH3 is 1. The van der Waals surface area contributed by atoms with Gasteiger partial charge < -0.3 is 9.47 Å². The normalized spacial score (nSPS) is 13.6. The van der Waals surface area contributed by atoms with Crippen molar-refractivity contribution < 1.29 is 23.9 Å². The highest BCUT2D eigenvalue weighted by Gasteiger charge is 2.31. The molecule has 0 saturated carbocycles. The fourth-order valence-corrected chi connectivity index (χ4v) is 3.73. The predicted octanol–water partition coefficient (Wildman–Crippen LogP) is 2.91. The first-order chi connectivity index (χ1) is 12.0. The van der Waals surface area contributed by atoms with Crippen LogP contribution in [-0.2, 0) is 23.9 Å². The van der Waals surface area contributed by atoms with Gasteiger partial charge in [0.1, 0.15) is 6.42 Å². The second-order valence-electron chi connectivity index (χ2n) is 5.10. The van der Waals surface area contributed by atoms with Crippen molar-refractivity contribution in [3.05, 3.63) is 40.0 Å². The second-order valence-corrected chi connectivity index (χ2v) is 7.00. The van der Waals surface area contributed by atoms with E-state index in [0.29, 0.717) is 28.5 Å². The molecule has 1 aromatic carbocycles. The molecular weight excluding hydrogens is 410 g/mol. The van der Waals surface area contributed by atoms with Gasteiger partial charge in [0.25, 0.3) is 0 Å². The van der Waals surface area contributed by atoms with Gasteiger partial charge in [-0.2, -0.15) is 11.8 Å². The van der Waals surface area contributed by atoms with Gasteiger partial charge in [0, 0.05) is 27.4 Å². The molecule has 0 aromatic heterocycles. The van der Waals surface area contributed by atoms with E-state index in [4.69, 9.17) is 9.47 Å². The molecule has 1 aromatic rings. The number of rotatable bonds is 6. The van der Waals surface area contributed by atoms with Crippen LogP contribution < -0.4 is 4.90 Å². The summed E-state index contributed by atoms with van der Waals surface area (Å²) in [4.78, 5) is 38.0. The maximum Gasteiger partial charge on any atom is 0.336 e. The molecule has 2 rings (SSSR count). The molecule has 0 unspecified atom stereocenters. The van der Waals surface area contributed by atoms with Gasteiger partial charge in [0.2, 0.25) is 5.91 Å². The van der Waals surface area contributed by atoms with E-state index >= 15 is 0 Å². The number of carbonyl (C=O) groups excluding carboxylic acids is 3. The first kappa shape index (κ1) is 19.5. The standard InChI is InChI=1S/C17H18BrNO5S/c1-3-24-16(21)8-15(20)19(12-6-4-11(18)5-7-12)14-10-25-9-13(14)17(22)23-2/h4-7H,3,8-10H2,1-2H3. The third-order valence-electron chi connectivity index (χ3n) is 3.47. The molecule has 1 aliphatic heterocycles. The zero-order chi connectivity index (χ0) is 18.4. The molecule has 0 bridgehead atoms. The molecule has 6 nitrogen and oxygen atoms in total. The average molecular weight is 428 g/mol. The number of ether oxygens (including phenoxy) is 2. The lowest BCUT2D eigenvalue weighted by atomic mass is 10.1. The number of benzene rings is 1. The number of anilines is 1. The third kappa shape index (κ3) is 4.85. The molecule has 0 N–H and O–H groups in total. The van der Waals surface area contributed by atoms with Crippen LogP contribution in [0.5, 0.6) is 0 Å². The molecule has 1 amide bonds. The fourth-order valence-electron chi connectivity index (χ4n) is 2.37. The van der Waals surface area contributed by atoms with Crippen LogP contribution in [0.3, 0.4) is 0 Å². The van der Waals surface area contributed by atoms with Crippen LogP contribution in [0.25, 0.3) is 0 Å². The minimum absolute atomic E-state index is 0.205. The summed E-state index contributed by atoms with van der Waals surface area (Å²) >= 11 is 4.87. The van der Waals surface area contributed by atoms with E-state index in [2.05, 4.69) is 15.9 Å². The molecule has 25 heavy (non-hydrogen) atoms. The smallest absolute Gasteiger partial charge is 0.336 e. The topological polar surface area (TPSA) is 72.9 Å². The number of carbonyl (C=O) groups is 3. The molecule has 1 aliphatic rings. The van der Waals surface area contributed by atoms with Crippen molar-refractivity contribution in [1.82, 2.24) is 0 Å². The Morgan fingerprint density at radius 2 is 1.88 bits per heavy atom. The first-order valence-electron chi connectivity index (χ1n) is 7.60. The minimum Gasteiger partial charge on any atom is -0.466 e. The summed E-state index contributed by atoms with van der Waals surface area (Å²) in [5.41, 5.74) is 1.57. The van der Waals surface area contributed by atoms with Gasteiger partial charge in [0.05, 0.1) is 19.3 Å². The fraction of sp³-hybridized carbons (Fsp3) is 0.353. The van der Waals surface area contributed by atoms with Gasteiger partial charge in [-0.15, -0.1) is 0 Å². The number of nitrogens with zero attached hydrogens (tertiary/aromatic N) is 1. The van der Waals surface area contributed by atoms with Crippen molar-refractivity contribution in [3.8, 4) is 0 Å². The van der Waals surface area contributed by atoms with Gasteiger partial charge in [-0.25, -0.2) is 4.79 Å². The van der Waals surface area contributed by atoms with Crippen LogP contribution in [-0.4, -0.2) is 43.1 Å². The van der Waals surface area contributed by atoms with E-state index in [1.807, 2.05) is 0 Å². The number of esters is 2. The SMILES string of the molecule is CCOC(=O)CC(=O)N(C1=C(C(=O)OC)CSC1)c1ccc(Br)cc1. The largest absolute Gasteiger partial charge is 0.466 e. The lowest BCUT2D eigenvalue weighted by Crippen LogP contribution is -2.34.